The minimum Gasteiger partial charge on any atom is -0.244 e. The van der Waals surface area contributed by atoms with Gasteiger partial charge in [0, 0.05) is 5.92 Å². The van der Waals surface area contributed by atoms with Crippen LogP contribution in [0, 0.1) is 5.92 Å². The lowest BCUT2D eigenvalue weighted by Gasteiger charge is -2.27. The van der Waals surface area contributed by atoms with E-state index in [9.17, 15) is 8.78 Å². The monoisotopic (exact) mass is 160 g/mol. The van der Waals surface area contributed by atoms with E-state index in [4.69, 9.17) is 0 Å². The van der Waals surface area contributed by atoms with Crippen LogP contribution >= 0.6 is 0 Å². The van der Waals surface area contributed by atoms with Crippen LogP contribution in [0.1, 0.15) is 26.7 Å². The first-order valence-electron chi connectivity index (χ1n) is 4.01. The summed E-state index contributed by atoms with van der Waals surface area (Å²) in [6.45, 7) is 3.08. The van der Waals surface area contributed by atoms with Crippen molar-refractivity contribution in [3.8, 4) is 0 Å². The molecule has 0 spiro atoms. The fourth-order valence-electron chi connectivity index (χ4n) is 1.36. The van der Waals surface area contributed by atoms with Crippen molar-refractivity contribution in [2.24, 2.45) is 5.92 Å². The van der Waals surface area contributed by atoms with Gasteiger partial charge in [-0.25, -0.2) is 8.78 Å². The standard InChI is InChI=1S/C9H14F2/c1-9(2,11)7-3-5-8(10)6-4-7/h3,5,7-8H,4,6H2,1-2H3. The molecule has 2 heteroatoms. The van der Waals surface area contributed by atoms with Crippen LogP contribution in [-0.2, 0) is 0 Å². The van der Waals surface area contributed by atoms with E-state index in [1.165, 1.54) is 6.08 Å². The van der Waals surface area contributed by atoms with E-state index in [1.807, 2.05) is 0 Å². The second kappa shape index (κ2) is 2.92. The van der Waals surface area contributed by atoms with Gasteiger partial charge in [-0.3, -0.25) is 0 Å². The Morgan fingerprint density at radius 1 is 1.27 bits per heavy atom. The van der Waals surface area contributed by atoms with Gasteiger partial charge >= 0.3 is 0 Å². The molecule has 0 aromatic rings. The van der Waals surface area contributed by atoms with Gasteiger partial charge in [0.15, 0.2) is 0 Å². The molecule has 0 aliphatic heterocycles. The summed E-state index contributed by atoms with van der Waals surface area (Å²) in [5, 5.41) is 0. The van der Waals surface area contributed by atoms with Crippen molar-refractivity contribution in [3.05, 3.63) is 12.2 Å². The van der Waals surface area contributed by atoms with Crippen LogP contribution in [0.15, 0.2) is 12.2 Å². The minimum absolute atomic E-state index is 0.102. The van der Waals surface area contributed by atoms with Crippen molar-refractivity contribution in [1.29, 1.82) is 0 Å². The predicted molar refractivity (Wildman–Crippen MR) is 41.9 cm³/mol. The molecule has 0 bridgehead atoms. The molecule has 0 saturated carbocycles. The van der Waals surface area contributed by atoms with Crippen molar-refractivity contribution in [1.82, 2.24) is 0 Å². The van der Waals surface area contributed by atoms with E-state index < -0.39 is 11.8 Å². The van der Waals surface area contributed by atoms with Gasteiger partial charge in [0.1, 0.15) is 11.8 Å². The number of halogens is 2. The van der Waals surface area contributed by atoms with Crippen molar-refractivity contribution < 1.29 is 8.78 Å². The molecule has 0 saturated heterocycles. The third-order valence-corrected chi connectivity index (χ3v) is 2.19. The molecule has 2 atom stereocenters. The summed E-state index contributed by atoms with van der Waals surface area (Å²) < 4.78 is 25.8. The lowest BCUT2D eigenvalue weighted by molar-refractivity contribution is 0.134. The maximum Gasteiger partial charge on any atom is 0.118 e. The highest BCUT2D eigenvalue weighted by atomic mass is 19.1. The Kier molecular flexibility index (Phi) is 2.31. The third-order valence-electron chi connectivity index (χ3n) is 2.19. The molecule has 0 fully saturated rings. The zero-order valence-corrected chi connectivity index (χ0v) is 6.98. The zero-order valence-electron chi connectivity index (χ0n) is 6.98. The molecule has 0 heterocycles. The van der Waals surface area contributed by atoms with Crippen LogP contribution in [-0.4, -0.2) is 11.8 Å². The SMILES string of the molecule is CC(C)(F)C1C=CC(F)CC1. The van der Waals surface area contributed by atoms with Crippen LogP contribution < -0.4 is 0 Å². The van der Waals surface area contributed by atoms with Crippen LogP contribution in [0.2, 0.25) is 0 Å². The Bertz CT molecular complexity index is 155. The van der Waals surface area contributed by atoms with E-state index in [0.29, 0.717) is 12.8 Å². The summed E-state index contributed by atoms with van der Waals surface area (Å²) >= 11 is 0. The van der Waals surface area contributed by atoms with Crippen molar-refractivity contribution in [3.63, 3.8) is 0 Å². The molecular formula is C9H14F2. The number of allylic oxidation sites excluding steroid dienone is 2. The Balaban J connectivity index is 2.57. The van der Waals surface area contributed by atoms with Gasteiger partial charge in [-0.15, -0.1) is 0 Å². The largest absolute Gasteiger partial charge is 0.244 e. The second-order valence-electron chi connectivity index (χ2n) is 3.65. The molecule has 1 aliphatic carbocycles. The number of rotatable bonds is 1. The Morgan fingerprint density at radius 3 is 2.27 bits per heavy atom. The van der Waals surface area contributed by atoms with Crippen molar-refractivity contribution in [2.45, 2.75) is 38.5 Å². The van der Waals surface area contributed by atoms with Gasteiger partial charge < -0.3 is 0 Å². The molecule has 2 unspecified atom stereocenters. The topological polar surface area (TPSA) is 0 Å². The predicted octanol–water partition coefficient (Wildman–Crippen LogP) is 3.04. The highest BCUT2D eigenvalue weighted by Crippen LogP contribution is 2.31. The molecule has 0 N–H and O–H groups in total. The van der Waals surface area contributed by atoms with Gasteiger partial charge in [0.2, 0.25) is 0 Å². The first-order chi connectivity index (χ1) is 5.00. The summed E-state index contributed by atoms with van der Waals surface area (Å²) in [6.07, 6.45) is 3.37. The van der Waals surface area contributed by atoms with E-state index in [2.05, 4.69) is 0 Å². The van der Waals surface area contributed by atoms with Crippen LogP contribution in [0.4, 0.5) is 8.78 Å². The average Bonchev–Trinajstić information content (AvgIpc) is 1.86. The molecule has 64 valence electrons. The Hall–Kier alpha value is -0.400. The van der Waals surface area contributed by atoms with Gasteiger partial charge in [-0.1, -0.05) is 12.2 Å². The summed E-state index contributed by atoms with van der Waals surface area (Å²) in [7, 11) is 0. The van der Waals surface area contributed by atoms with Gasteiger partial charge in [-0.2, -0.15) is 0 Å². The number of hydrogen-bond acceptors (Lipinski definition) is 0. The maximum atomic E-state index is 13.2. The van der Waals surface area contributed by atoms with Crippen LogP contribution in [0.5, 0.6) is 0 Å². The van der Waals surface area contributed by atoms with E-state index >= 15 is 0 Å². The second-order valence-corrected chi connectivity index (χ2v) is 3.65. The summed E-state index contributed by atoms with van der Waals surface area (Å²) in [5.74, 6) is -0.102. The first kappa shape index (κ1) is 8.69. The zero-order chi connectivity index (χ0) is 8.48. The van der Waals surface area contributed by atoms with Gasteiger partial charge in [0.25, 0.3) is 0 Å². The van der Waals surface area contributed by atoms with Gasteiger partial charge in [-0.05, 0) is 26.7 Å². The van der Waals surface area contributed by atoms with E-state index in [-0.39, 0.29) is 5.92 Å². The average molecular weight is 160 g/mol. The smallest absolute Gasteiger partial charge is 0.118 e. The maximum absolute atomic E-state index is 13.2. The van der Waals surface area contributed by atoms with Gasteiger partial charge in [0.05, 0.1) is 0 Å². The molecule has 0 aromatic heterocycles. The molecule has 11 heavy (non-hydrogen) atoms. The van der Waals surface area contributed by atoms with Crippen LogP contribution in [0.25, 0.3) is 0 Å². The fraction of sp³-hybridized carbons (Fsp3) is 0.778. The molecule has 0 radical (unpaired) electrons. The normalized spacial score (nSPS) is 32.4. The Morgan fingerprint density at radius 2 is 1.91 bits per heavy atom. The summed E-state index contributed by atoms with van der Waals surface area (Å²) in [4.78, 5) is 0. The van der Waals surface area contributed by atoms with E-state index in [0.717, 1.165) is 0 Å². The van der Waals surface area contributed by atoms with Crippen molar-refractivity contribution >= 4 is 0 Å². The van der Waals surface area contributed by atoms with E-state index in [1.54, 1.807) is 19.9 Å². The molecule has 1 aliphatic rings. The first-order valence-corrected chi connectivity index (χ1v) is 4.01. The third kappa shape index (κ3) is 2.28. The highest BCUT2D eigenvalue weighted by molar-refractivity contribution is 5.03. The molecule has 1 rings (SSSR count). The summed E-state index contributed by atoms with van der Waals surface area (Å²) in [5.41, 5.74) is -1.20. The minimum atomic E-state index is -1.20. The molecule has 0 aromatic carbocycles. The molecule has 0 nitrogen and oxygen atoms in total. The molecular weight excluding hydrogens is 146 g/mol. The number of alkyl halides is 2. The lowest BCUT2D eigenvalue weighted by Crippen LogP contribution is -2.27. The fourth-order valence-corrected chi connectivity index (χ4v) is 1.36. The quantitative estimate of drug-likeness (QED) is 0.517. The highest BCUT2D eigenvalue weighted by Gasteiger charge is 2.29. The number of hydrogen-bond donors (Lipinski definition) is 0. The van der Waals surface area contributed by atoms with Crippen molar-refractivity contribution in [2.75, 3.05) is 0 Å². The summed E-state index contributed by atoms with van der Waals surface area (Å²) in [6, 6.07) is 0. The van der Waals surface area contributed by atoms with Crippen LogP contribution in [0.3, 0.4) is 0 Å². The lowest BCUT2D eigenvalue weighted by atomic mass is 9.84. The Labute approximate surface area is 66.3 Å². The molecule has 0 amide bonds.